The Balaban J connectivity index is 2.30. The van der Waals surface area contributed by atoms with Crippen LogP contribution < -0.4 is 10.1 Å². The van der Waals surface area contributed by atoms with Crippen LogP contribution in [0.5, 0.6) is 5.75 Å². The molecule has 27 heavy (non-hydrogen) atoms. The molecular formula is C20H28N2O5. The molecule has 2 N–H and O–H groups in total. The summed E-state index contributed by atoms with van der Waals surface area (Å²) in [6.45, 7) is 8.61. The Labute approximate surface area is 159 Å². The van der Waals surface area contributed by atoms with Gasteiger partial charge in [-0.1, -0.05) is 12.1 Å². The average Bonchev–Trinajstić information content (AvgIpc) is 3.03. The first-order valence-electron chi connectivity index (χ1n) is 8.78. The Kier molecular flexibility index (Phi) is 6.15. The predicted octanol–water partition coefficient (Wildman–Crippen LogP) is 3.72. The average molecular weight is 376 g/mol. The fourth-order valence-corrected chi connectivity index (χ4v) is 2.62. The molecule has 0 bridgehead atoms. The monoisotopic (exact) mass is 376 g/mol. The molecule has 0 saturated heterocycles. The van der Waals surface area contributed by atoms with E-state index in [0.717, 1.165) is 11.3 Å². The van der Waals surface area contributed by atoms with Gasteiger partial charge in [-0.15, -0.1) is 0 Å². The summed E-state index contributed by atoms with van der Waals surface area (Å²) in [5.41, 5.74) is -0.516. The minimum atomic E-state index is -1.21. The lowest BCUT2D eigenvalue weighted by Gasteiger charge is -2.24. The minimum absolute atomic E-state index is 0.372. The molecule has 1 aromatic carbocycles. The first kappa shape index (κ1) is 20.8. The highest BCUT2D eigenvalue weighted by Gasteiger charge is 2.31. The molecule has 1 atom stereocenters. The fourth-order valence-electron chi connectivity index (χ4n) is 2.62. The smallest absolute Gasteiger partial charge is 0.408 e. The van der Waals surface area contributed by atoms with Gasteiger partial charge in [0.05, 0.1) is 13.2 Å². The molecule has 0 aliphatic carbocycles. The topological polar surface area (TPSA) is 93.8 Å². The molecular weight excluding hydrogens is 348 g/mol. The van der Waals surface area contributed by atoms with E-state index in [0.29, 0.717) is 17.9 Å². The fraction of sp³-hybridized carbons (Fsp3) is 0.500. The van der Waals surface area contributed by atoms with E-state index in [9.17, 15) is 9.90 Å². The van der Waals surface area contributed by atoms with Gasteiger partial charge >= 0.3 is 6.09 Å². The summed E-state index contributed by atoms with van der Waals surface area (Å²) in [7, 11) is 1.60. The molecule has 7 heteroatoms. The zero-order chi connectivity index (χ0) is 20.2. The van der Waals surface area contributed by atoms with E-state index < -0.39 is 23.3 Å². The second kappa shape index (κ2) is 8.00. The third-order valence-corrected chi connectivity index (χ3v) is 3.78. The number of rotatable bonds is 6. The first-order chi connectivity index (χ1) is 12.5. The number of alkyl carbamates (subject to hydrolysis) is 1. The minimum Gasteiger partial charge on any atom is -0.497 e. The molecule has 0 spiro atoms. The van der Waals surface area contributed by atoms with Gasteiger partial charge in [0.2, 0.25) is 0 Å². The normalized spacial score (nSPS) is 13.1. The van der Waals surface area contributed by atoms with Crippen molar-refractivity contribution in [2.45, 2.75) is 58.3 Å². The Hall–Kier alpha value is -2.54. The molecule has 0 aliphatic rings. The maximum atomic E-state index is 12.3. The standard InChI is InChI=1S/C20H28N2O5/c1-19(2,3)27-18(23)22-15(11-13-7-9-14(25-6)10-8-13)16-17(20(4,5)24)21-12-26-16/h7-10,12,15,24H,11H2,1-6H3,(H,22,23). The molecule has 1 amide bonds. The lowest BCUT2D eigenvalue weighted by atomic mass is 9.96. The summed E-state index contributed by atoms with van der Waals surface area (Å²) in [4.78, 5) is 16.5. The lowest BCUT2D eigenvalue weighted by molar-refractivity contribution is 0.0484. The number of amides is 1. The Morgan fingerprint density at radius 1 is 1.22 bits per heavy atom. The maximum absolute atomic E-state index is 12.3. The van der Waals surface area contributed by atoms with Crippen molar-refractivity contribution in [3.05, 3.63) is 47.7 Å². The van der Waals surface area contributed by atoms with Crippen molar-refractivity contribution in [1.82, 2.24) is 10.3 Å². The second-order valence-corrected chi connectivity index (χ2v) is 7.88. The molecule has 0 aliphatic heterocycles. The summed E-state index contributed by atoms with van der Waals surface area (Å²) in [5, 5.41) is 13.2. The number of oxazole rings is 1. The van der Waals surface area contributed by atoms with E-state index >= 15 is 0 Å². The van der Waals surface area contributed by atoms with Crippen LogP contribution in [-0.2, 0) is 16.8 Å². The van der Waals surface area contributed by atoms with Crippen LogP contribution in [-0.4, -0.2) is 28.9 Å². The summed E-state index contributed by atoms with van der Waals surface area (Å²) in [6.07, 6.45) is 1.13. The van der Waals surface area contributed by atoms with Crippen LogP contribution in [0.4, 0.5) is 4.79 Å². The van der Waals surface area contributed by atoms with Crippen LogP contribution in [0.3, 0.4) is 0 Å². The van der Waals surface area contributed by atoms with Gasteiger partial charge in [-0.25, -0.2) is 9.78 Å². The lowest BCUT2D eigenvalue weighted by Crippen LogP contribution is -2.36. The molecule has 0 saturated carbocycles. The van der Waals surface area contributed by atoms with Gasteiger partial charge in [0.15, 0.2) is 12.2 Å². The molecule has 1 aromatic heterocycles. The molecule has 7 nitrogen and oxygen atoms in total. The molecule has 1 unspecified atom stereocenters. The predicted molar refractivity (Wildman–Crippen MR) is 101 cm³/mol. The number of hydrogen-bond acceptors (Lipinski definition) is 6. The van der Waals surface area contributed by atoms with Crippen molar-refractivity contribution >= 4 is 6.09 Å². The van der Waals surface area contributed by atoms with Gasteiger partial charge in [0.1, 0.15) is 22.6 Å². The summed E-state index contributed by atoms with van der Waals surface area (Å²) >= 11 is 0. The third-order valence-electron chi connectivity index (χ3n) is 3.78. The van der Waals surface area contributed by atoms with Crippen LogP contribution in [0, 0.1) is 0 Å². The highest BCUT2D eigenvalue weighted by atomic mass is 16.6. The number of benzene rings is 1. The number of carbonyl (C=O) groups excluding carboxylic acids is 1. The summed E-state index contributed by atoms with van der Waals surface area (Å²) in [6, 6.07) is 6.94. The zero-order valence-electron chi connectivity index (χ0n) is 16.7. The molecule has 2 rings (SSSR count). The molecule has 148 valence electrons. The number of ether oxygens (including phenoxy) is 2. The van der Waals surface area contributed by atoms with Crippen LogP contribution >= 0.6 is 0 Å². The second-order valence-electron chi connectivity index (χ2n) is 7.88. The highest BCUT2D eigenvalue weighted by molar-refractivity contribution is 5.68. The zero-order valence-corrected chi connectivity index (χ0v) is 16.7. The van der Waals surface area contributed by atoms with E-state index in [1.165, 1.54) is 6.39 Å². The molecule has 0 radical (unpaired) electrons. The first-order valence-corrected chi connectivity index (χ1v) is 8.78. The van der Waals surface area contributed by atoms with Crippen molar-refractivity contribution in [1.29, 1.82) is 0 Å². The number of nitrogens with zero attached hydrogens (tertiary/aromatic N) is 1. The van der Waals surface area contributed by atoms with Crippen LogP contribution in [0.25, 0.3) is 0 Å². The van der Waals surface area contributed by atoms with Gasteiger partial charge in [0, 0.05) is 6.42 Å². The number of hydrogen-bond donors (Lipinski definition) is 2. The summed E-state index contributed by atoms with van der Waals surface area (Å²) < 4.78 is 16.1. The largest absolute Gasteiger partial charge is 0.497 e. The Bertz CT molecular complexity index is 754. The van der Waals surface area contributed by atoms with Crippen LogP contribution in [0.2, 0.25) is 0 Å². The van der Waals surface area contributed by atoms with Crippen molar-refractivity contribution in [2.24, 2.45) is 0 Å². The molecule has 2 aromatic rings. The highest BCUT2D eigenvalue weighted by Crippen LogP contribution is 2.29. The van der Waals surface area contributed by atoms with Crippen molar-refractivity contribution < 1.29 is 23.8 Å². The Morgan fingerprint density at radius 3 is 2.37 bits per heavy atom. The molecule has 1 heterocycles. The number of nitrogens with one attached hydrogen (secondary N) is 1. The van der Waals surface area contributed by atoms with Crippen molar-refractivity contribution in [3.63, 3.8) is 0 Å². The number of aromatic nitrogens is 1. The number of aliphatic hydroxyl groups is 1. The quantitative estimate of drug-likeness (QED) is 0.798. The molecule has 0 fully saturated rings. The van der Waals surface area contributed by atoms with E-state index in [1.807, 2.05) is 24.3 Å². The summed E-state index contributed by atoms with van der Waals surface area (Å²) in [5.74, 6) is 1.14. The third kappa shape index (κ3) is 5.99. The van der Waals surface area contributed by atoms with Crippen molar-refractivity contribution in [3.8, 4) is 5.75 Å². The number of methoxy groups -OCH3 is 1. The van der Waals surface area contributed by atoms with Gasteiger partial charge in [-0.05, 0) is 52.3 Å². The van der Waals surface area contributed by atoms with Gasteiger partial charge < -0.3 is 24.3 Å². The van der Waals surface area contributed by atoms with Crippen LogP contribution in [0.15, 0.2) is 35.1 Å². The van der Waals surface area contributed by atoms with E-state index in [-0.39, 0.29) is 0 Å². The van der Waals surface area contributed by atoms with E-state index in [2.05, 4.69) is 10.3 Å². The van der Waals surface area contributed by atoms with Gasteiger partial charge in [-0.2, -0.15) is 0 Å². The Morgan fingerprint density at radius 2 is 1.85 bits per heavy atom. The van der Waals surface area contributed by atoms with Gasteiger partial charge in [0.25, 0.3) is 0 Å². The SMILES string of the molecule is COc1ccc(CC(NC(=O)OC(C)(C)C)c2ocnc2C(C)(C)O)cc1. The van der Waals surface area contributed by atoms with E-state index in [4.69, 9.17) is 13.9 Å². The maximum Gasteiger partial charge on any atom is 0.408 e. The van der Waals surface area contributed by atoms with Crippen molar-refractivity contribution in [2.75, 3.05) is 7.11 Å². The number of carbonyl (C=O) groups is 1. The van der Waals surface area contributed by atoms with Gasteiger partial charge in [-0.3, -0.25) is 0 Å². The van der Waals surface area contributed by atoms with Crippen LogP contribution in [0.1, 0.15) is 57.7 Å². The van der Waals surface area contributed by atoms with E-state index in [1.54, 1.807) is 41.7 Å².